The van der Waals surface area contributed by atoms with Gasteiger partial charge in [0.05, 0.1) is 12.2 Å². The number of nitrogens with one attached hydrogen (secondary N) is 1. The quantitative estimate of drug-likeness (QED) is 0.465. The number of nitrogens with zero attached hydrogens (tertiary/aromatic N) is 2. The van der Waals surface area contributed by atoms with E-state index in [1.54, 1.807) is 0 Å². The molecule has 1 aliphatic rings. The minimum absolute atomic E-state index is 0. The van der Waals surface area contributed by atoms with E-state index in [1.807, 2.05) is 25.1 Å². The Kier molecular flexibility index (Phi) is 5.76. The molecule has 3 N–H and O–H groups in total. The molecule has 0 bridgehead atoms. The third-order valence-electron chi connectivity index (χ3n) is 3.73. The molecular weight excluding hydrogens is 387 g/mol. The molecule has 116 valence electrons. The minimum Gasteiger partial charge on any atom is -0.370 e. The highest BCUT2D eigenvalue weighted by atomic mass is 127. The van der Waals surface area contributed by atoms with E-state index >= 15 is 0 Å². The lowest BCUT2D eigenvalue weighted by molar-refractivity contribution is 0.912. The summed E-state index contributed by atoms with van der Waals surface area (Å²) >= 11 is 0. The summed E-state index contributed by atoms with van der Waals surface area (Å²) in [5.74, 6) is 0.427. The van der Waals surface area contributed by atoms with Crippen LogP contribution in [0.2, 0.25) is 0 Å². The number of aryl methyl sites for hydroxylation is 3. The number of guanidine groups is 1. The molecular formula is C17H21IN4. The zero-order chi connectivity index (χ0) is 14.7. The molecule has 0 saturated heterocycles. The molecule has 0 saturated carbocycles. The smallest absolute Gasteiger partial charge is 0.193 e. The van der Waals surface area contributed by atoms with Gasteiger partial charge >= 0.3 is 0 Å². The number of nitrogens with two attached hydrogens (primary N) is 1. The predicted molar refractivity (Wildman–Crippen MR) is 102 cm³/mol. The fourth-order valence-electron chi connectivity index (χ4n) is 2.69. The topological polar surface area (TPSA) is 63.3 Å². The molecule has 1 aromatic heterocycles. The number of hydrogen-bond donors (Lipinski definition) is 2. The molecule has 2 aromatic rings. The first-order valence-electron chi connectivity index (χ1n) is 7.32. The van der Waals surface area contributed by atoms with Gasteiger partial charge in [0.25, 0.3) is 0 Å². The molecule has 0 amide bonds. The van der Waals surface area contributed by atoms with Gasteiger partial charge < -0.3 is 11.1 Å². The lowest BCUT2D eigenvalue weighted by atomic mass is 10.1. The summed E-state index contributed by atoms with van der Waals surface area (Å²) < 4.78 is 0. The monoisotopic (exact) mass is 408 g/mol. The highest BCUT2D eigenvalue weighted by Gasteiger charge is 2.10. The van der Waals surface area contributed by atoms with Gasteiger partial charge in [-0.1, -0.05) is 12.1 Å². The summed E-state index contributed by atoms with van der Waals surface area (Å²) in [6, 6.07) is 12.3. The maximum absolute atomic E-state index is 5.95. The summed E-state index contributed by atoms with van der Waals surface area (Å²) in [4.78, 5) is 8.75. The van der Waals surface area contributed by atoms with Crippen molar-refractivity contribution >= 4 is 35.6 Å². The summed E-state index contributed by atoms with van der Waals surface area (Å²) in [5, 5.41) is 3.16. The first-order chi connectivity index (χ1) is 10.2. The van der Waals surface area contributed by atoms with Gasteiger partial charge in [-0.2, -0.15) is 0 Å². The second kappa shape index (κ2) is 7.58. The first kappa shape index (κ1) is 16.7. The lowest BCUT2D eigenvalue weighted by Crippen LogP contribution is -2.22. The van der Waals surface area contributed by atoms with Crippen molar-refractivity contribution in [2.45, 2.75) is 32.7 Å². The van der Waals surface area contributed by atoms with Gasteiger partial charge in [-0.3, -0.25) is 4.98 Å². The second-order valence-electron chi connectivity index (χ2n) is 5.43. The van der Waals surface area contributed by atoms with Crippen molar-refractivity contribution in [2.75, 3.05) is 5.32 Å². The molecule has 0 atom stereocenters. The van der Waals surface area contributed by atoms with Crippen LogP contribution in [0.25, 0.3) is 0 Å². The van der Waals surface area contributed by atoms with E-state index in [0.717, 1.165) is 23.5 Å². The Hall–Kier alpha value is -1.63. The molecule has 1 aliphatic carbocycles. The van der Waals surface area contributed by atoms with Crippen LogP contribution in [0.1, 0.15) is 28.9 Å². The summed E-state index contributed by atoms with van der Waals surface area (Å²) in [7, 11) is 0. The average molecular weight is 408 g/mol. The van der Waals surface area contributed by atoms with Crippen molar-refractivity contribution in [1.82, 2.24) is 4.98 Å². The average Bonchev–Trinajstić information content (AvgIpc) is 2.93. The largest absolute Gasteiger partial charge is 0.370 e. The van der Waals surface area contributed by atoms with Gasteiger partial charge in [0.1, 0.15) is 0 Å². The SMILES string of the molecule is Cc1cccc(CN=C(N)Nc2ccc3c(c2)CCC3)n1.I. The molecule has 0 unspecified atom stereocenters. The van der Waals surface area contributed by atoms with Crippen LogP contribution in [0.4, 0.5) is 5.69 Å². The highest BCUT2D eigenvalue weighted by Crippen LogP contribution is 2.24. The van der Waals surface area contributed by atoms with Crippen molar-refractivity contribution in [2.24, 2.45) is 10.7 Å². The number of halogens is 1. The number of rotatable bonds is 3. The number of aliphatic imine (C=N–C) groups is 1. The van der Waals surface area contributed by atoms with E-state index in [-0.39, 0.29) is 24.0 Å². The normalized spacial score (nSPS) is 13.4. The van der Waals surface area contributed by atoms with Gasteiger partial charge in [0.15, 0.2) is 5.96 Å². The fraction of sp³-hybridized carbons (Fsp3) is 0.294. The van der Waals surface area contributed by atoms with Crippen LogP contribution >= 0.6 is 24.0 Å². The Morgan fingerprint density at radius 3 is 2.86 bits per heavy atom. The van der Waals surface area contributed by atoms with Crippen LogP contribution in [-0.4, -0.2) is 10.9 Å². The Morgan fingerprint density at radius 2 is 2.05 bits per heavy atom. The molecule has 22 heavy (non-hydrogen) atoms. The van der Waals surface area contributed by atoms with Crippen LogP contribution < -0.4 is 11.1 Å². The van der Waals surface area contributed by atoms with Gasteiger partial charge in [-0.25, -0.2) is 4.99 Å². The van der Waals surface area contributed by atoms with Crippen LogP contribution in [0, 0.1) is 6.92 Å². The Labute approximate surface area is 148 Å². The number of pyridine rings is 1. The Bertz CT molecular complexity index is 682. The first-order valence-corrected chi connectivity index (χ1v) is 7.32. The van der Waals surface area contributed by atoms with Gasteiger partial charge in [0, 0.05) is 11.4 Å². The molecule has 1 heterocycles. The molecule has 0 fully saturated rings. The molecule has 0 radical (unpaired) electrons. The molecule has 4 nitrogen and oxygen atoms in total. The molecule has 0 spiro atoms. The maximum atomic E-state index is 5.95. The number of benzene rings is 1. The fourth-order valence-corrected chi connectivity index (χ4v) is 2.69. The zero-order valence-electron chi connectivity index (χ0n) is 12.7. The summed E-state index contributed by atoms with van der Waals surface area (Å²) in [5.41, 5.74) is 11.8. The number of anilines is 1. The highest BCUT2D eigenvalue weighted by molar-refractivity contribution is 14.0. The Morgan fingerprint density at radius 1 is 1.23 bits per heavy atom. The van der Waals surface area contributed by atoms with Crippen molar-refractivity contribution in [3.63, 3.8) is 0 Å². The third-order valence-corrected chi connectivity index (χ3v) is 3.73. The van der Waals surface area contributed by atoms with Crippen molar-refractivity contribution in [3.8, 4) is 0 Å². The van der Waals surface area contributed by atoms with Gasteiger partial charge in [-0.15, -0.1) is 24.0 Å². The molecule has 0 aliphatic heterocycles. The minimum atomic E-state index is 0. The van der Waals surface area contributed by atoms with Crippen LogP contribution in [0.5, 0.6) is 0 Å². The van der Waals surface area contributed by atoms with Gasteiger partial charge in [-0.05, 0) is 61.6 Å². The summed E-state index contributed by atoms with van der Waals surface area (Å²) in [6.07, 6.45) is 3.61. The number of hydrogen-bond acceptors (Lipinski definition) is 2. The third kappa shape index (κ3) is 4.19. The zero-order valence-corrected chi connectivity index (χ0v) is 15.0. The molecule has 1 aromatic carbocycles. The van der Waals surface area contributed by atoms with Gasteiger partial charge in [0.2, 0.25) is 0 Å². The molecule has 3 rings (SSSR count). The standard InChI is InChI=1S/C17H20N4.HI/c1-12-4-2-7-16(20-12)11-19-17(18)21-15-9-8-13-5-3-6-14(13)10-15;/h2,4,7-10H,3,5-6,11H2,1H3,(H3,18,19,21);1H. The second-order valence-corrected chi connectivity index (χ2v) is 5.43. The maximum Gasteiger partial charge on any atom is 0.193 e. The van der Waals surface area contributed by atoms with E-state index in [0.29, 0.717) is 12.5 Å². The van der Waals surface area contributed by atoms with E-state index in [2.05, 4.69) is 33.5 Å². The number of aromatic nitrogens is 1. The van der Waals surface area contributed by atoms with E-state index in [1.165, 1.54) is 24.0 Å². The van der Waals surface area contributed by atoms with E-state index in [9.17, 15) is 0 Å². The van der Waals surface area contributed by atoms with Crippen LogP contribution in [-0.2, 0) is 19.4 Å². The molecule has 5 heteroatoms. The van der Waals surface area contributed by atoms with Crippen LogP contribution in [0.3, 0.4) is 0 Å². The van der Waals surface area contributed by atoms with Crippen molar-refractivity contribution in [3.05, 3.63) is 58.9 Å². The number of fused-ring (bicyclic) bond motifs is 1. The Balaban J connectivity index is 0.00000176. The van der Waals surface area contributed by atoms with Crippen molar-refractivity contribution < 1.29 is 0 Å². The van der Waals surface area contributed by atoms with Crippen molar-refractivity contribution in [1.29, 1.82) is 0 Å². The van der Waals surface area contributed by atoms with E-state index < -0.39 is 0 Å². The summed E-state index contributed by atoms with van der Waals surface area (Å²) in [6.45, 7) is 2.46. The lowest BCUT2D eigenvalue weighted by Gasteiger charge is -2.08. The van der Waals surface area contributed by atoms with E-state index in [4.69, 9.17) is 5.73 Å². The predicted octanol–water partition coefficient (Wildman–Crippen LogP) is 3.42. The van der Waals surface area contributed by atoms with Crippen LogP contribution in [0.15, 0.2) is 41.4 Å².